The van der Waals surface area contributed by atoms with Gasteiger partial charge in [-0.25, -0.2) is 9.37 Å². The van der Waals surface area contributed by atoms with Gasteiger partial charge in [-0.15, -0.1) is 0 Å². The number of thioether (sulfide) groups is 1. The summed E-state index contributed by atoms with van der Waals surface area (Å²) in [6.45, 7) is 0. The molecule has 0 bridgehead atoms. The SMILES string of the molecule is Cn1c(SCC(=O)Nc2cccc(F)c2)nc2cc(Cl)ccc21. The molecular formula is C16H13ClFN3OS. The topological polar surface area (TPSA) is 46.9 Å². The van der Waals surface area contributed by atoms with Gasteiger partial charge in [-0.05, 0) is 36.4 Å². The van der Waals surface area contributed by atoms with Crippen molar-refractivity contribution in [3.63, 3.8) is 0 Å². The van der Waals surface area contributed by atoms with Gasteiger partial charge in [0.2, 0.25) is 5.91 Å². The minimum atomic E-state index is -0.386. The lowest BCUT2D eigenvalue weighted by atomic mass is 10.3. The number of carbonyl (C=O) groups is 1. The molecule has 0 fully saturated rings. The Labute approximate surface area is 141 Å². The van der Waals surface area contributed by atoms with E-state index in [0.29, 0.717) is 10.7 Å². The second-order valence-electron chi connectivity index (χ2n) is 4.93. The molecule has 0 spiro atoms. The molecule has 0 saturated carbocycles. The van der Waals surface area contributed by atoms with Gasteiger partial charge in [-0.2, -0.15) is 0 Å². The first-order chi connectivity index (χ1) is 11.0. The van der Waals surface area contributed by atoms with Crippen LogP contribution in [0.5, 0.6) is 0 Å². The van der Waals surface area contributed by atoms with Crippen LogP contribution in [0.4, 0.5) is 10.1 Å². The van der Waals surface area contributed by atoms with Crippen LogP contribution in [0, 0.1) is 5.82 Å². The van der Waals surface area contributed by atoms with Crippen LogP contribution in [-0.4, -0.2) is 21.2 Å². The molecule has 0 saturated heterocycles. The Balaban J connectivity index is 1.68. The molecule has 2 aromatic carbocycles. The van der Waals surface area contributed by atoms with Crippen LogP contribution in [0.2, 0.25) is 5.02 Å². The van der Waals surface area contributed by atoms with Crippen LogP contribution in [0.15, 0.2) is 47.6 Å². The Morgan fingerprint density at radius 1 is 1.35 bits per heavy atom. The molecule has 118 valence electrons. The summed E-state index contributed by atoms with van der Waals surface area (Å²) in [6.07, 6.45) is 0. The molecule has 1 heterocycles. The molecule has 7 heteroatoms. The normalized spacial score (nSPS) is 10.9. The van der Waals surface area contributed by atoms with Crippen molar-refractivity contribution in [1.29, 1.82) is 0 Å². The molecule has 0 aliphatic carbocycles. The summed E-state index contributed by atoms with van der Waals surface area (Å²) in [5, 5.41) is 4.00. The van der Waals surface area contributed by atoms with Crippen molar-refractivity contribution < 1.29 is 9.18 Å². The van der Waals surface area contributed by atoms with Gasteiger partial charge in [0.15, 0.2) is 5.16 Å². The van der Waals surface area contributed by atoms with Gasteiger partial charge < -0.3 is 9.88 Å². The summed E-state index contributed by atoms with van der Waals surface area (Å²) in [4.78, 5) is 16.4. The third-order valence-electron chi connectivity index (χ3n) is 3.24. The Kier molecular flexibility index (Phi) is 4.54. The smallest absolute Gasteiger partial charge is 0.234 e. The number of benzene rings is 2. The summed E-state index contributed by atoms with van der Waals surface area (Å²) >= 11 is 7.27. The van der Waals surface area contributed by atoms with Crippen molar-refractivity contribution in [2.24, 2.45) is 7.05 Å². The van der Waals surface area contributed by atoms with E-state index in [9.17, 15) is 9.18 Å². The van der Waals surface area contributed by atoms with Gasteiger partial charge >= 0.3 is 0 Å². The zero-order valence-electron chi connectivity index (χ0n) is 12.2. The van der Waals surface area contributed by atoms with Crippen molar-refractivity contribution in [3.8, 4) is 0 Å². The van der Waals surface area contributed by atoms with Crippen LogP contribution in [0.25, 0.3) is 11.0 Å². The van der Waals surface area contributed by atoms with Gasteiger partial charge in [0.25, 0.3) is 0 Å². The second kappa shape index (κ2) is 6.60. The minimum absolute atomic E-state index is 0.182. The molecule has 4 nitrogen and oxygen atoms in total. The van der Waals surface area contributed by atoms with Crippen molar-refractivity contribution in [2.75, 3.05) is 11.1 Å². The molecule has 1 N–H and O–H groups in total. The molecular weight excluding hydrogens is 337 g/mol. The predicted octanol–water partition coefficient (Wildman–Crippen LogP) is 4.10. The van der Waals surface area contributed by atoms with Gasteiger partial charge in [0.1, 0.15) is 5.82 Å². The molecule has 1 amide bonds. The number of hydrogen-bond acceptors (Lipinski definition) is 3. The average Bonchev–Trinajstić information content (AvgIpc) is 2.81. The van der Waals surface area contributed by atoms with Crippen LogP contribution < -0.4 is 5.32 Å². The number of carbonyl (C=O) groups excluding carboxylic acids is 1. The van der Waals surface area contributed by atoms with Gasteiger partial charge in [-0.3, -0.25) is 4.79 Å². The lowest BCUT2D eigenvalue weighted by molar-refractivity contribution is -0.113. The average molecular weight is 350 g/mol. The van der Waals surface area contributed by atoms with Gasteiger partial charge in [0.05, 0.1) is 16.8 Å². The summed E-state index contributed by atoms with van der Waals surface area (Å²) in [7, 11) is 1.88. The second-order valence-corrected chi connectivity index (χ2v) is 6.31. The third kappa shape index (κ3) is 3.65. The van der Waals surface area contributed by atoms with Crippen molar-refractivity contribution in [1.82, 2.24) is 9.55 Å². The number of nitrogens with one attached hydrogen (secondary N) is 1. The highest BCUT2D eigenvalue weighted by atomic mass is 35.5. The molecule has 23 heavy (non-hydrogen) atoms. The first kappa shape index (κ1) is 15.8. The maximum Gasteiger partial charge on any atom is 0.234 e. The number of anilines is 1. The highest BCUT2D eigenvalue weighted by Gasteiger charge is 2.11. The highest BCUT2D eigenvalue weighted by molar-refractivity contribution is 7.99. The summed E-state index contributed by atoms with van der Waals surface area (Å²) in [6, 6.07) is 11.3. The van der Waals surface area contributed by atoms with Crippen LogP contribution >= 0.6 is 23.4 Å². The number of imidazole rings is 1. The van der Waals surface area contributed by atoms with Gasteiger partial charge in [0, 0.05) is 17.8 Å². The fourth-order valence-corrected chi connectivity index (χ4v) is 3.13. The summed E-state index contributed by atoms with van der Waals surface area (Å²) in [5.74, 6) is -0.421. The van der Waals surface area contributed by atoms with E-state index in [4.69, 9.17) is 11.6 Å². The number of hydrogen-bond donors (Lipinski definition) is 1. The van der Waals surface area contributed by atoms with Gasteiger partial charge in [-0.1, -0.05) is 29.4 Å². The molecule has 0 radical (unpaired) electrons. The largest absolute Gasteiger partial charge is 0.325 e. The summed E-state index contributed by atoms with van der Waals surface area (Å²) < 4.78 is 15.0. The lowest BCUT2D eigenvalue weighted by Crippen LogP contribution is -2.14. The first-order valence-corrected chi connectivity index (χ1v) is 8.19. The number of halogens is 2. The molecule has 3 rings (SSSR count). The minimum Gasteiger partial charge on any atom is -0.325 e. The third-order valence-corrected chi connectivity index (χ3v) is 4.51. The first-order valence-electron chi connectivity index (χ1n) is 6.83. The summed E-state index contributed by atoms with van der Waals surface area (Å²) in [5.41, 5.74) is 2.17. The highest BCUT2D eigenvalue weighted by Crippen LogP contribution is 2.25. The maximum atomic E-state index is 13.1. The number of aromatic nitrogens is 2. The number of rotatable bonds is 4. The zero-order valence-corrected chi connectivity index (χ0v) is 13.8. The lowest BCUT2D eigenvalue weighted by Gasteiger charge is -2.05. The fraction of sp³-hybridized carbons (Fsp3) is 0.125. The monoisotopic (exact) mass is 349 g/mol. The molecule has 0 unspecified atom stereocenters. The fourth-order valence-electron chi connectivity index (χ4n) is 2.17. The molecule has 3 aromatic rings. The van der Waals surface area contributed by atoms with E-state index >= 15 is 0 Å². The van der Waals surface area contributed by atoms with Crippen LogP contribution in [0.3, 0.4) is 0 Å². The van der Waals surface area contributed by atoms with E-state index in [2.05, 4.69) is 10.3 Å². The number of amides is 1. The number of fused-ring (bicyclic) bond motifs is 1. The van der Waals surface area contributed by atoms with Crippen molar-refractivity contribution in [3.05, 3.63) is 53.3 Å². The Hall–Kier alpha value is -2.05. The zero-order chi connectivity index (χ0) is 16.4. The molecule has 1 aromatic heterocycles. The molecule has 0 aliphatic heterocycles. The van der Waals surface area contributed by atoms with Crippen molar-refractivity contribution in [2.45, 2.75) is 5.16 Å². The standard InChI is InChI=1S/C16H13ClFN3OS/c1-21-14-6-5-10(17)7-13(14)20-16(21)23-9-15(22)19-12-4-2-3-11(18)8-12/h2-8H,9H2,1H3,(H,19,22). The van der Waals surface area contributed by atoms with Crippen LogP contribution in [-0.2, 0) is 11.8 Å². The Bertz CT molecular complexity index is 881. The Morgan fingerprint density at radius 3 is 2.96 bits per heavy atom. The van der Waals surface area contributed by atoms with E-state index in [1.807, 2.05) is 17.7 Å². The molecule has 0 aliphatic rings. The van der Waals surface area contributed by atoms with E-state index in [0.717, 1.165) is 16.2 Å². The van der Waals surface area contributed by atoms with E-state index in [1.165, 1.54) is 23.9 Å². The van der Waals surface area contributed by atoms with Crippen LogP contribution in [0.1, 0.15) is 0 Å². The van der Waals surface area contributed by atoms with E-state index in [-0.39, 0.29) is 17.5 Å². The van der Waals surface area contributed by atoms with E-state index < -0.39 is 0 Å². The van der Waals surface area contributed by atoms with E-state index in [1.54, 1.807) is 24.3 Å². The van der Waals surface area contributed by atoms with Crippen molar-refractivity contribution >= 4 is 46.0 Å². The quantitative estimate of drug-likeness (QED) is 0.721. The number of aryl methyl sites for hydroxylation is 1. The predicted molar refractivity (Wildman–Crippen MR) is 91.5 cm³/mol. The molecule has 0 atom stereocenters. The Morgan fingerprint density at radius 2 is 2.17 bits per heavy atom. The number of nitrogens with zero attached hydrogens (tertiary/aromatic N) is 2. The maximum absolute atomic E-state index is 13.1.